The normalized spacial score (nSPS) is 12.9. The number of anilines is 2. The molecule has 29 nitrogen and oxygen atoms in total. The maximum atomic E-state index is 14.2. The summed E-state index contributed by atoms with van der Waals surface area (Å²) in [4.78, 5) is 155. The Balaban J connectivity index is 1.95. The molecule has 110 heavy (non-hydrogen) atoms. The van der Waals surface area contributed by atoms with Gasteiger partial charge in [0.25, 0.3) is 16.8 Å². The van der Waals surface area contributed by atoms with Gasteiger partial charge in [0.1, 0.15) is 41.7 Å². The molecule has 7 amide bonds. The Hall–Kier alpha value is -7.33. The first-order valence-electron chi connectivity index (χ1n) is 40.8. The molecule has 2 rings (SSSR count). The number of esters is 2. The van der Waals surface area contributed by atoms with E-state index in [0.29, 0.717) is 18.4 Å². The Morgan fingerprint density at radius 1 is 0.527 bits per heavy atom. The molecule has 0 radical (unpaired) electrons. The molecule has 2 aromatic rings. The highest BCUT2D eigenvalue weighted by atomic mass is 31.2. The van der Waals surface area contributed by atoms with Crippen molar-refractivity contribution in [2.45, 2.75) is 322 Å². The monoisotopic (exact) mass is 1570 g/mol. The smallest absolute Gasteiger partial charge is 0.330 e. The lowest BCUT2D eigenvalue weighted by molar-refractivity contribution is -0.161. The van der Waals surface area contributed by atoms with E-state index in [4.69, 9.17) is 40.1 Å². The number of nitrogens with two attached hydrogens (primary N) is 2. The van der Waals surface area contributed by atoms with Gasteiger partial charge >= 0.3 is 20.5 Å². The predicted octanol–water partition coefficient (Wildman–Crippen LogP) is 9.75. The molecular weight excluding hydrogens is 1430 g/mol. The van der Waals surface area contributed by atoms with E-state index in [1.165, 1.54) is 141 Å². The fraction of sp³-hybridized carbons (Fsp3) is 0.750. The summed E-state index contributed by atoms with van der Waals surface area (Å²) in [5, 5.41) is 31.2. The number of carbonyl (C=O) groups excluding carboxylic acids is 9. The minimum Gasteiger partial charge on any atom is -0.462 e. The maximum absolute atomic E-state index is 14.2. The topological polar surface area (TPSA) is 438 Å². The second-order valence-corrected chi connectivity index (χ2v) is 31.2. The number of hydrogen-bond donors (Lipinski definition) is 13. The van der Waals surface area contributed by atoms with Gasteiger partial charge in [0, 0.05) is 37.9 Å². The number of unbranched alkanes of at least 4 members (excludes halogenated alkanes) is 28. The van der Waals surface area contributed by atoms with Crippen LogP contribution in [-0.4, -0.2) is 159 Å². The number of ether oxygens (including phenoxy) is 3. The summed E-state index contributed by atoms with van der Waals surface area (Å²) in [6.45, 7) is 12.2. The third-order valence-corrected chi connectivity index (χ3v) is 19.6. The fourth-order valence-corrected chi connectivity index (χ4v) is 12.8. The van der Waals surface area contributed by atoms with Crippen LogP contribution in [0.3, 0.4) is 0 Å². The Bertz CT molecular complexity index is 3040. The lowest BCUT2D eigenvalue weighted by Crippen LogP contribution is -2.59. The minimum absolute atomic E-state index is 0.00571. The highest BCUT2D eigenvalue weighted by molar-refractivity contribution is 7.40. The summed E-state index contributed by atoms with van der Waals surface area (Å²) >= 11 is 0. The van der Waals surface area contributed by atoms with Crippen molar-refractivity contribution in [3.8, 4) is 0 Å². The number of nitrogens with one attached hydrogen (secondary N) is 10. The van der Waals surface area contributed by atoms with E-state index in [0.717, 1.165) is 38.5 Å². The fourth-order valence-electron chi connectivity index (χ4n) is 12.2. The van der Waals surface area contributed by atoms with Crippen molar-refractivity contribution in [2.75, 3.05) is 69.8 Å². The number of amides is 7. The van der Waals surface area contributed by atoms with E-state index in [1.807, 2.05) is 0 Å². The Kier molecular flexibility index (Phi) is 53.4. The van der Waals surface area contributed by atoms with Crippen molar-refractivity contribution in [3.63, 3.8) is 0 Å². The zero-order valence-electron chi connectivity index (χ0n) is 67.7. The van der Waals surface area contributed by atoms with Crippen LogP contribution in [-0.2, 0) is 72.8 Å². The lowest BCUT2D eigenvalue weighted by Gasteiger charge is -2.31. The van der Waals surface area contributed by atoms with Gasteiger partial charge in [-0.3, -0.25) is 58.1 Å². The molecule has 626 valence electrons. The Labute approximate surface area is 655 Å². The maximum Gasteiger partial charge on any atom is 0.330 e. The van der Waals surface area contributed by atoms with Crippen LogP contribution >= 0.6 is 8.60 Å². The van der Waals surface area contributed by atoms with Crippen molar-refractivity contribution >= 4 is 79.2 Å². The summed E-state index contributed by atoms with van der Waals surface area (Å²) in [6.07, 6.45) is 36.0. The third-order valence-electron chi connectivity index (χ3n) is 18.9. The summed E-state index contributed by atoms with van der Waals surface area (Å²) < 4.78 is 28.4. The van der Waals surface area contributed by atoms with Crippen molar-refractivity contribution in [1.29, 1.82) is 5.41 Å². The van der Waals surface area contributed by atoms with Gasteiger partial charge in [-0.15, -0.1) is 0 Å². The van der Waals surface area contributed by atoms with Gasteiger partial charge in [0.05, 0.1) is 39.5 Å². The highest BCUT2D eigenvalue weighted by Gasteiger charge is 2.34. The predicted molar refractivity (Wildman–Crippen MR) is 431 cm³/mol. The Morgan fingerprint density at radius 2 is 1.05 bits per heavy atom. The minimum atomic E-state index is -2.50. The molecule has 30 heteroatoms. The first-order valence-corrected chi connectivity index (χ1v) is 41.9. The molecule has 5 atom stereocenters. The molecular formula is C80H139N12O17P. The molecule has 15 N–H and O–H groups in total. The number of benzene rings is 1. The number of primary amides is 1. The van der Waals surface area contributed by atoms with Crippen molar-refractivity contribution in [2.24, 2.45) is 17.4 Å². The molecule has 0 fully saturated rings. The van der Waals surface area contributed by atoms with Gasteiger partial charge < -0.3 is 87.5 Å². The first-order chi connectivity index (χ1) is 52.6. The SMILES string of the molecule is CCCCCCCCCCCCCCCCCC(=O)OCC(COP(O)OCCNC(=O)C(C)(C)OCCC(C)(C)Nc1c(NCC(=O)NC(Cc2ccccc2)C(=O)NC(C(=O)N[C@@H](CCCNC(=N)N)C(=O)NCC(=O)NCC(N)=O)C(C)C)c(=O)c1=O)OC(=O)CCCCCCCCCCCCCCCCC. The number of rotatable bonds is 69. The van der Waals surface area contributed by atoms with Gasteiger partial charge in [0.2, 0.25) is 35.4 Å². The molecule has 0 bridgehead atoms. The number of hydrogen-bond acceptors (Lipinski definition) is 20. The molecule has 0 saturated heterocycles. The molecule has 0 heterocycles. The molecule has 0 aromatic heterocycles. The van der Waals surface area contributed by atoms with Crippen LogP contribution in [0.1, 0.15) is 286 Å². The molecule has 0 aliphatic rings. The van der Waals surface area contributed by atoms with Gasteiger partial charge in [-0.1, -0.05) is 238 Å². The number of guanidine groups is 1. The molecule has 0 aliphatic carbocycles. The molecule has 0 saturated carbocycles. The largest absolute Gasteiger partial charge is 0.462 e. The quantitative estimate of drug-likeness (QED) is 0.00731. The molecule has 2 aromatic carbocycles. The lowest BCUT2D eigenvalue weighted by atomic mass is 9.99. The van der Waals surface area contributed by atoms with E-state index < -0.39 is 134 Å². The Morgan fingerprint density at radius 3 is 1.56 bits per heavy atom. The van der Waals surface area contributed by atoms with E-state index in [9.17, 15) is 57.6 Å². The van der Waals surface area contributed by atoms with Gasteiger partial charge in [0.15, 0.2) is 12.1 Å². The number of carbonyl (C=O) groups is 9. The van der Waals surface area contributed by atoms with E-state index in [1.54, 1.807) is 71.9 Å². The van der Waals surface area contributed by atoms with Crippen molar-refractivity contribution in [1.82, 2.24) is 37.2 Å². The second kappa shape index (κ2) is 59.4. The molecule has 4 unspecified atom stereocenters. The van der Waals surface area contributed by atoms with Crippen LogP contribution in [0.25, 0.3) is 0 Å². The van der Waals surface area contributed by atoms with Crippen LogP contribution < -0.4 is 70.2 Å². The van der Waals surface area contributed by atoms with E-state index in [2.05, 4.69) is 61.7 Å². The van der Waals surface area contributed by atoms with Crippen LogP contribution in [0, 0.1) is 11.3 Å². The van der Waals surface area contributed by atoms with Crippen molar-refractivity contribution < 1.29 is 71.3 Å². The van der Waals surface area contributed by atoms with Gasteiger partial charge in [-0.05, 0) is 71.3 Å². The third kappa shape index (κ3) is 47.8. The van der Waals surface area contributed by atoms with Gasteiger partial charge in [-0.25, -0.2) is 0 Å². The van der Waals surface area contributed by atoms with E-state index in [-0.39, 0.29) is 95.4 Å². The van der Waals surface area contributed by atoms with Crippen LogP contribution in [0.2, 0.25) is 0 Å². The summed E-state index contributed by atoms with van der Waals surface area (Å²) in [7, 11) is -2.50. The summed E-state index contributed by atoms with van der Waals surface area (Å²) in [6, 6.07) is 4.89. The average molecular weight is 1570 g/mol. The first kappa shape index (κ1) is 98.7. The highest BCUT2D eigenvalue weighted by Crippen LogP contribution is 2.33. The zero-order valence-corrected chi connectivity index (χ0v) is 68.6. The summed E-state index contributed by atoms with van der Waals surface area (Å²) in [5.74, 6) is -6.83. The molecule has 0 aliphatic heterocycles. The second-order valence-electron chi connectivity index (χ2n) is 30.2. The van der Waals surface area contributed by atoms with Crippen molar-refractivity contribution in [3.05, 3.63) is 56.3 Å². The molecule has 0 spiro atoms. The van der Waals surface area contributed by atoms with Crippen LogP contribution in [0.15, 0.2) is 39.9 Å². The van der Waals surface area contributed by atoms with E-state index >= 15 is 0 Å². The zero-order chi connectivity index (χ0) is 81.4. The van der Waals surface area contributed by atoms with Crippen LogP contribution in [0.4, 0.5) is 11.4 Å². The average Bonchev–Trinajstić information content (AvgIpc) is 0.773. The summed E-state index contributed by atoms with van der Waals surface area (Å²) in [5.41, 5.74) is 6.82. The van der Waals surface area contributed by atoms with Gasteiger partial charge in [-0.2, -0.15) is 0 Å². The van der Waals surface area contributed by atoms with Crippen LogP contribution in [0.5, 0.6) is 0 Å². The standard InChI is InChI=1S/C80H139N12O17P/c1-9-11-13-15-17-19-21-23-25-27-29-31-33-35-40-46-67(96)105-57-61(109-68(97)47-41-36-34-32-30-28-26-24-22-20-18-16-14-12-10-2)58-108-110(104)107-52-50-84-77(103)80(7,8)106-51-48-79(5,6)92-71-70(72(98)73(71)99)87-56-66(95)89-63(53-60-43-38-37-39-44-60)75(101)91-69(59(3)4)76(102)90-62(45-42-49-85-78(82)83)74(100)88-55-65(94)86-54-64(81)93/h37-39,43-44,59,61-63,69,87,92,104H,9-36,40-42,45-58H2,1-8H3,(H2,81,93)(H,84,103)(H,86,94)(H,88,100)(H,89,95)(H,90,102)(H,91,101)(H4,82,83,85)/t61?,62-,63?,69?,110?/m0/s1.